The van der Waals surface area contributed by atoms with Crippen LogP contribution in [0.3, 0.4) is 0 Å². The molecule has 0 spiro atoms. The molecule has 0 radical (unpaired) electrons. The number of fused-ring (bicyclic) bond motifs is 1. The highest BCUT2D eigenvalue weighted by Gasteiger charge is 2.40. The average Bonchev–Trinajstić information content (AvgIpc) is 3.36. The van der Waals surface area contributed by atoms with E-state index < -0.39 is 10.8 Å². The van der Waals surface area contributed by atoms with E-state index in [9.17, 15) is 5.11 Å². The SMILES string of the molecule is CC(C)(c1ccccc1)c1c(C(C)(C)c2ccccc2)c(-c2ccccc2)c2n[nH]nc2c1O. The van der Waals surface area contributed by atoms with E-state index >= 15 is 0 Å². The molecule has 4 heteroatoms. The maximum atomic E-state index is 11.8. The first kappa shape index (κ1) is 21.9. The predicted octanol–water partition coefficient (Wildman–Crippen LogP) is 6.98. The lowest BCUT2D eigenvalue weighted by molar-refractivity contribution is 0.451. The third-order valence-electron chi connectivity index (χ3n) is 7.05. The molecular formula is C30H29N3O. The van der Waals surface area contributed by atoms with Gasteiger partial charge < -0.3 is 5.11 Å². The zero-order valence-corrected chi connectivity index (χ0v) is 20.0. The second-order valence-corrected chi connectivity index (χ2v) is 9.84. The van der Waals surface area contributed by atoms with Crippen molar-refractivity contribution in [3.05, 3.63) is 113 Å². The highest BCUT2D eigenvalue weighted by Crippen LogP contribution is 2.52. The minimum atomic E-state index is -0.497. The largest absolute Gasteiger partial charge is 0.505 e. The number of aromatic nitrogens is 3. The maximum Gasteiger partial charge on any atom is 0.155 e. The number of H-pyrrole nitrogens is 1. The van der Waals surface area contributed by atoms with Crippen molar-refractivity contribution < 1.29 is 5.11 Å². The molecule has 4 nitrogen and oxygen atoms in total. The summed E-state index contributed by atoms with van der Waals surface area (Å²) in [4.78, 5) is 0. The molecule has 0 unspecified atom stereocenters. The van der Waals surface area contributed by atoms with Crippen LogP contribution in [0, 0.1) is 0 Å². The van der Waals surface area contributed by atoms with Crippen molar-refractivity contribution in [2.24, 2.45) is 0 Å². The summed E-state index contributed by atoms with van der Waals surface area (Å²) in [5, 5.41) is 23.4. The van der Waals surface area contributed by atoms with E-state index in [2.05, 4.69) is 91.6 Å². The maximum absolute atomic E-state index is 11.8. The van der Waals surface area contributed by atoms with Crippen molar-refractivity contribution in [3.63, 3.8) is 0 Å². The van der Waals surface area contributed by atoms with Gasteiger partial charge in [0, 0.05) is 22.0 Å². The molecule has 0 aliphatic carbocycles. The lowest BCUT2D eigenvalue weighted by Gasteiger charge is -2.37. The molecule has 0 aliphatic heterocycles. The fraction of sp³-hybridized carbons (Fsp3) is 0.200. The van der Waals surface area contributed by atoms with E-state index in [1.165, 1.54) is 5.56 Å². The van der Waals surface area contributed by atoms with E-state index in [1.807, 2.05) is 42.5 Å². The van der Waals surface area contributed by atoms with E-state index in [4.69, 9.17) is 0 Å². The van der Waals surface area contributed by atoms with Gasteiger partial charge in [0.05, 0.1) is 0 Å². The van der Waals surface area contributed by atoms with Gasteiger partial charge in [-0.1, -0.05) is 119 Å². The first-order chi connectivity index (χ1) is 16.3. The molecule has 0 saturated carbocycles. The third kappa shape index (κ3) is 3.38. The van der Waals surface area contributed by atoms with Crippen LogP contribution in [0.1, 0.15) is 49.9 Å². The van der Waals surface area contributed by atoms with Crippen molar-refractivity contribution in [2.45, 2.75) is 38.5 Å². The number of phenols is 1. The number of nitrogens with one attached hydrogen (secondary N) is 1. The Labute approximate surface area is 200 Å². The molecule has 5 rings (SSSR count). The molecule has 2 N–H and O–H groups in total. The second kappa shape index (κ2) is 8.14. The summed E-state index contributed by atoms with van der Waals surface area (Å²) >= 11 is 0. The summed E-state index contributed by atoms with van der Waals surface area (Å²) in [5.74, 6) is 0.177. The van der Waals surface area contributed by atoms with E-state index in [0.717, 1.165) is 27.8 Å². The minimum Gasteiger partial charge on any atom is -0.505 e. The molecule has 5 aromatic rings. The predicted molar refractivity (Wildman–Crippen MR) is 138 cm³/mol. The summed E-state index contributed by atoms with van der Waals surface area (Å²) in [5.41, 5.74) is 6.49. The number of aromatic hydroxyl groups is 1. The smallest absolute Gasteiger partial charge is 0.155 e. The lowest BCUT2D eigenvalue weighted by Crippen LogP contribution is -2.29. The van der Waals surface area contributed by atoms with Crippen LogP contribution in [0.5, 0.6) is 5.75 Å². The number of hydrogen-bond donors (Lipinski definition) is 2. The van der Waals surface area contributed by atoms with Gasteiger partial charge in [0.15, 0.2) is 5.52 Å². The summed E-state index contributed by atoms with van der Waals surface area (Å²) < 4.78 is 0. The highest BCUT2D eigenvalue weighted by atomic mass is 16.3. The first-order valence-electron chi connectivity index (χ1n) is 11.6. The van der Waals surface area contributed by atoms with Gasteiger partial charge >= 0.3 is 0 Å². The number of aromatic amines is 1. The third-order valence-corrected chi connectivity index (χ3v) is 7.05. The Morgan fingerprint density at radius 2 is 1.03 bits per heavy atom. The molecule has 1 heterocycles. The molecule has 0 amide bonds. The molecule has 0 aliphatic rings. The first-order valence-corrected chi connectivity index (χ1v) is 11.6. The number of hydrogen-bond acceptors (Lipinski definition) is 3. The van der Waals surface area contributed by atoms with Gasteiger partial charge in [0.25, 0.3) is 0 Å². The molecular weight excluding hydrogens is 418 g/mol. The van der Waals surface area contributed by atoms with E-state index in [1.54, 1.807) is 0 Å². The molecule has 0 fully saturated rings. The minimum absolute atomic E-state index is 0.177. The fourth-order valence-electron chi connectivity index (χ4n) is 5.17. The second-order valence-electron chi connectivity index (χ2n) is 9.84. The van der Waals surface area contributed by atoms with Crippen molar-refractivity contribution in [2.75, 3.05) is 0 Å². The highest BCUT2D eigenvalue weighted by molar-refractivity contribution is 5.99. The topological polar surface area (TPSA) is 61.8 Å². The Bertz CT molecular complexity index is 1440. The summed E-state index contributed by atoms with van der Waals surface area (Å²) in [6, 6.07) is 31.1. The summed E-state index contributed by atoms with van der Waals surface area (Å²) in [7, 11) is 0. The number of nitrogens with zero attached hydrogens (tertiary/aromatic N) is 2. The summed E-state index contributed by atoms with van der Waals surface area (Å²) in [6.07, 6.45) is 0. The fourth-order valence-corrected chi connectivity index (χ4v) is 5.17. The zero-order valence-electron chi connectivity index (χ0n) is 20.0. The van der Waals surface area contributed by atoms with Gasteiger partial charge in [0.1, 0.15) is 11.3 Å². The summed E-state index contributed by atoms with van der Waals surface area (Å²) in [6.45, 7) is 8.78. The Hall–Kier alpha value is -3.92. The number of phenolic OH excluding ortho intramolecular Hbond substituents is 1. The molecule has 0 saturated heterocycles. The van der Waals surface area contributed by atoms with Crippen LogP contribution in [-0.2, 0) is 10.8 Å². The molecule has 0 atom stereocenters. The quantitative estimate of drug-likeness (QED) is 0.305. The van der Waals surface area contributed by atoms with Crippen LogP contribution in [0.2, 0.25) is 0 Å². The average molecular weight is 448 g/mol. The molecule has 4 aromatic carbocycles. The molecule has 0 bridgehead atoms. The van der Waals surface area contributed by atoms with Gasteiger partial charge in [-0.15, -0.1) is 0 Å². The monoisotopic (exact) mass is 447 g/mol. The van der Waals surface area contributed by atoms with Gasteiger partial charge in [-0.2, -0.15) is 15.4 Å². The van der Waals surface area contributed by atoms with Crippen LogP contribution in [0.25, 0.3) is 22.2 Å². The molecule has 34 heavy (non-hydrogen) atoms. The molecule has 170 valence electrons. The van der Waals surface area contributed by atoms with Crippen LogP contribution >= 0.6 is 0 Å². The van der Waals surface area contributed by atoms with Crippen LogP contribution in [0.15, 0.2) is 91.0 Å². The number of benzene rings is 4. The van der Waals surface area contributed by atoms with Gasteiger partial charge in [-0.25, -0.2) is 0 Å². The van der Waals surface area contributed by atoms with Crippen molar-refractivity contribution >= 4 is 11.0 Å². The normalized spacial score (nSPS) is 12.2. The number of rotatable bonds is 5. The Morgan fingerprint density at radius 1 is 0.588 bits per heavy atom. The standard InChI is InChI=1S/C30H29N3O/c1-29(2,21-16-10-6-11-17-21)24-23(20-14-8-5-9-15-20)26-27(32-33-31-26)28(34)25(24)30(3,4)22-18-12-7-13-19-22/h5-19,34H,1-4H3,(H,31,32,33). The Balaban J connectivity index is 1.98. The van der Waals surface area contributed by atoms with E-state index in [0.29, 0.717) is 11.0 Å². The van der Waals surface area contributed by atoms with Crippen LogP contribution in [-0.4, -0.2) is 20.5 Å². The Kier molecular flexibility index (Phi) is 5.24. The van der Waals surface area contributed by atoms with E-state index in [-0.39, 0.29) is 5.75 Å². The van der Waals surface area contributed by atoms with Gasteiger partial charge in [0.2, 0.25) is 0 Å². The van der Waals surface area contributed by atoms with Crippen LogP contribution in [0.4, 0.5) is 0 Å². The Morgan fingerprint density at radius 3 is 1.56 bits per heavy atom. The van der Waals surface area contributed by atoms with Gasteiger partial charge in [-0.05, 0) is 22.3 Å². The van der Waals surface area contributed by atoms with Crippen molar-refractivity contribution in [1.29, 1.82) is 0 Å². The molecule has 1 aromatic heterocycles. The van der Waals surface area contributed by atoms with Crippen molar-refractivity contribution in [1.82, 2.24) is 15.4 Å². The zero-order chi connectivity index (χ0) is 23.9. The van der Waals surface area contributed by atoms with Crippen LogP contribution < -0.4 is 0 Å². The van der Waals surface area contributed by atoms with Crippen molar-refractivity contribution in [3.8, 4) is 16.9 Å². The lowest BCUT2D eigenvalue weighted by atomic mass is 9.65. The van der Waals surface area contributed by atoms with Gasteiger partial charge in [-0.3, -0.25) is 0 Å².